The number of aliphatic hydroxyl groups is 1. The number of hydrogen-bond donors (Lipinski definition) is 1. The second-order valence-corrected chi connectivity index (χ2v) is 8.40. The van der Waals surface area contributed by atoms with Crippen molar-refractivity contribution in [3.8, 4) is 16.9 Å². The third-order valence-corrected chi connectivity index (χ3v) is 6.64. The summed E-state index contributed by atoms with van der Waals surface area (Å²) in [4.78, 5) is 33.2. The number of benzene rings is 2. The smallest absolute Gasteiger partial charge is 0.272 e. The molecule has 33 heavy (non-hydrogen) atoms. The van der Waals surface area contributed by atoms with Crippen molar-refractivity contribution in [3.05, 3.63) is 84.2 Å². The predicted octanol–water partition coefficient (Wildman–Crippen LogP) is 2.57. The van der Waals surface area contributed by atoms with E-state index in [4.69, 9.17) is 4.74 Å². The minimum Gasteiger partial charge on any atom is -0.497 e. The molecule has 168 valence electrons. The van der Waals surface area contributed by atoms with Crippen molar-refractivity contribution in [1.29, 1.82) is 0 Å². The summed E-state index contributed by atoms with van der Waals surface area (Å²) in [6.07, 6.45) is 1.57. The zero-order valence-corrected chi connectivity index (χ0v) is 18.3. The average molecular weight is 444 g/mol. The Morgan fingerprint density at radius 3 is 2.36 bits per heavy atom. The Morgan fingerprint density at radius 2 is 1.76 bits per heavy atom. The number of ether oxygens (including phenoxy) is 1. The summed E-state index contributed by atoms with van der Waals surface area (Å²) in [6, 6.07) is 20.8. The molecule has 0 aliphatic carbocycles. The molecule has 0 bridgehead atoms. The van der Waals surface area contributed by atoms with Crippen LogP contribution in [0.25, 0.3) is 11.1 Å². The first-order valence-corrected chi connectivity index (χ1v) is 11.0. The van der Waals surface area contributed by atoms with Crippen molar-refractivity contribution in [2.75, 3.05) is 26.8 Å². The molecule has 0 radical (unpaired) electrons. The fraction of sp³-hybridized carbons (Fsp3) is 0.269. The van der Waals surface area contributed by atoms with Gasteiger partial charge in [-0.05, 0) is 41.0 Å². The Kier molecular flexibility index (Phi) is 5.56. The number of hydrogen-bond acceptors (Lipinski definition) is 5. The van der Waals surface area contributed by atoms with Crippen LogP contribution in [0.1, 0.15) is 22.0 Å². The number of pyridine rings is 1. The highest BCUT2D eigenvalue weighted by molar-refractivity contribution is 5.96. The van der Waals surface area contributed by atoms with Crippen LogP contribution in [0.15, 0.2) is 72.9 Å². The molecule has 2 aromatic carbocycles. The van der Waals surface area contributed by atoms with Gasteiger partial charge < -0.3 is 19.6 Å². The molecule has 2 fully saturated rings. The molecule has 5 rings (SSSR count). The van der Waals surface area contributed by atoms with Crippen LogP contribution in [-0.4, -0.2) is 70.6 Å². The van der Waals surface area contributed by atoms with Gasteiger partial charge in [0.2, 0.25) is 5.91 Å². The fourth-order valence-electron chi connectivity index (χ4n) is 4.99. The minimum absolute atomic E-state index is 0.00549. The van der Waals surface area contributed by atoms with Crippen LogP contribution in [0.4, 0.5) is 0 Å². The van der Waals surface area contributed by atoms with Crippen LogP contribution >= 0.6 is 0 Å². The molecule has 7 heteroatoms. The number of carbonyl (C=O) groups is 2. The molecular weight excluding hydrogens is 418 g/mol. The molecule has 3 atom stereocenters. The molecule has 0 unspecified atom stereocenters. The number of aliphatic hydroxyl groups excluding tert-OH is 1. The molecule has 7 nitrogen and oxygen atoms in total. The number of nitrogens with zero attached hydrogens (tertiary/aromatic N) is 3. The summed E-state index contributed by atoms with van der Waals surface area (Å²) < 4.78 is 5.23. The van der Waals surface area contributed by atoms with Gasteiger partial charge in [0.15, 0.2) is 0 Å². The second-order valence-electron chi connectivity index (χ2n) is 8.40. The number of rotatable bonds is 5. The number of methoxy groups -OCH3 is 1. The van der Waals surface area contributed by atoms with Crippen LogP contribution in [0, 0.1) is 0 Å². The van der Waals surface area contributed by atoms with Gasteiger partial charge in [-0.1, -0.05) is 42.5 Å². The van der Waals surface area contributed by atoms with E-state index >= 15 is 0 Å². The van der Waals surface area contributed by atoms with Crippen LogP contribution < -0.4 is 4.74 Å². The van der Waals surface area contributed by atoms with Crippen LogP contribution in [-0.2, 0) is 4.79 Å². The lowest BCUT2D eigenvalue weighted by molar-refractivity contribution is -0.159. The van der Waals surface area contributed by atoms with E-state index in [0.717, 1.165) is 22.4 Å². The zero-order valence-electron chi connectivity index (χ0n) is 18.3. The van der Waals surface area contributed by atoms with Crippen molar-refractivity contribution in [3.63, 3.8) is 0 Å². The van der Waals surface area contributed by atoms with Gasteiger partial charge in [0, 0.05) is 18.7 Å². The van der Waals surface area contributed by atoms with E-state index in [9.17, 15) is 14.7 Å². The van der Waals surface area contributed by atoms with Gasteiger partial charge in [-0.15, -0.1) is 0 Å². The van der Waals surface area contributed by atoms with E-state index in [1.165, 1.54) is 0 Å². The molecule has 2 amide bonds. The Balaban J connectivity index is 1.37. The first-order chi connectivity index (χ1) is 16.1. The van der Waals surface area contributed by atoms with Crippen molar-refractivity contribution in [2.45, 2.75) is 18.0 Å². The highest BCUT2D eigenvalue weighted by atomic mass is 16.5. The highest BCUT2D eigenvalue weighted by Gasteiger charge is 2.54. The summed E-state index contributed by atoms with van der Waals surface area (Å²) >= 11 is 0. The van der Waals surface area contributed by atoms with Crippen LogP contribution in [0.3, 0.4) is 0 Å². The lowest BCUT2D eigenvalue weighted by Crippen LogP contribution is -2.73. The second kappa shape index (κ2) is 8.67. The SMILES string of the molecule is COc1ccc(-c2ccc([C@H]3[C@H](CO)N4C(=O)CN(C(=O)c5ccccn5)C[C@@H]34)cc2)cc1. The largest absolute Gasteiger partial charge is 0.497 e. The molecular formula is C26H25N3O4. The van der Waals surface area contributed by atoms with E-state index in [-0.39, 0.29) is 43.0 Å². The molecule has 1 N–H and O–H groups in total. The third-order valence-electron chi connectivity index (χ3n) is 6.64. The summed E-state index contributed by atoms with van der Waals surface area (Å²) in [5, 5.41) is 10.0. The number of piperazine rings is 1. The molecule has 2 aliphatic rings. The molecule has 0 saturated carbocycles. The maximum absolute atomic E-state index is 12.9. The van der Waals surface area contributed by atoms with E-state index in [1.807, 2.05) is 36.4 Å². The maximum atomic E-state index is 12.9. The maximum Gasteiger partial charge on any atom is 0.272 e. The van der Waals surface area contributed by atoms with Gasteiger partial charge in [0.25, 0.3) is 5.91 Å². The quantitative estimate of drug-likeness (QED) is 0.655. The van der Waals surface area contributed by atoms with Crippen molar-refractivity contribution < 1.29 is 19.4 Å². The number of amides is 2. The number of fused-ring (bicyclic) bond motifs is 1. The first kappa shape index (κ1) is 21.2. The van der Waals surface area contributed by atoms with Gasteiger partial charge >= 0.3 is 0 Å². The van der Waals surface area contributed by atoms with Crippen LogP contribution in [0.5, 0.6) is 5.75 Å². The normalized spacial score (nSPS) is 21.9. The molecule has 2 aliphatic heterocycles. The lowest BCUT2D eigenvalue weighted by atomic mass is 9.73. The van der Waals surface area contributed by atoms with Crippen molar-refractivity contribution in [1.82, 2.24) is 14.8 Å². The summed E-state index contributed by atoms with van der Waals surface area (Å²) in [6.45, 7) is 0.315. The predicted molar refractivity (Wildman–Crippen MR) is 123 cm³/mol. The third kappa shape index (κ3) is 3.74. The highest BCUT2D eigenvalue weighted by Crippen LogP contribution is 2.43. The topological polar surface area (TPSA) is 83.0 Å². The Hall–Kier alpha value is -3.71. The Morgan fingerprint density at radius 1 is 1.06 bits per heavy atom. The lowest BCUT2D eigenvalue weighted by Gasteiger charge is -2.58. The van der Waals surface area contributed by atoms with E-state index in [1.54, 1.807) is 41.3 Å². The molecule has 0 spiro atoms. The first-order valence-electron chi connectivity index (χ1n) is 11.0. The van der Waals surface area contributed by atoms with Crippen molar-refractivity contribution in [2.24, 2.45) is 0 Å². The van der Waals surface area contributed by atoms with E-state index in [2.05, 4.69) is 17.1 Å². The average Bonchev–Trinajstić information content (AvgIpc) is 2.86. The minimum atomic E-state index is -0.276. The standard InChI is InChI=1S/C26H25N3O4/c1-33-20-11-9-18(10-12-20)17-5-7-19(8-6-17)25-22-14-28(15-24(31)29(22)23(25)16-30)26(32)21-4-2-3-13-27-21/h2-13,22-23,25,30H,14-16H2,1H3/t22-,23-,25+/m0/s1. The number of aromatic nitrogens is 1. The van der Waals surface area contributed by atoms with Crippen LogP contribution in [0.2, 0.25) is 0 Å². The Labute approximate surface area is 192 Å². The Bertz CT molecular complexity index is 1150. The van der Waals surface area contributed by atoms with Gasteiger partial charge in [0.05, 0.1) is 25.8 Å². The summed E-state index contributed by atoms with van der Waals surface area (Å²) in [7, 11) is 1.64. The number of carbonyl (C=O) groups excluding carboxylic acids is 2. The monoisotopic (exact) mass is 443 g/mol. The fourth-order valence-corrected chi connectivity index (χ4v) is 4.99. The van der Waals surface area contributed by atoms with E-state index < -0.39 is 0 Å². The molecule has 3 heterocycles. The van der Waals surface area contributed by atoms with Gasteiger partial charge in [-0.25, -0.2) is 0 Å². The molecule has 3 aromatic rings. The zero-order chi connectivity index (χ0) is 22.9. The van der Waals surface area contributed by atoms with E-state index in [0.29, 0.717) is 12.2 Å². The van der Waals surface area contributed by atoms with Crippen molar-refractivity contribution >= 4 is 11.8 Å². The summed E-state index contributed by atoms with van der Waals surface area (Å²) in [5.41, 5.74) is 3.53. The molecule has 1 aromatic heterocycles. The molecule has 2 saturated heterocycles. The summed E-state index contributed by atoms with van der Waals surface area (Å²) in [5.74, 6) is 0.385. The van der Waals surface area contributed by atoms with Gasteiger partial charge in [-0.3, -0.25) is 14.6 Å². The van der Waals surface area contributed by atoms with Gasteiger partial charge in [-0.2, -0.15) is 0 Å². The van der Waals surface area contributed by atoms with Gasteiger partial charge in [0.1, 0.15) is 18.0 Å².